The Balaban J connectivity index is 0.00000200. The summed E-state index contributed by atoms with van der Waals surface area (Å²) in [6.07, 6.45) is 2.52. The van der Waals surface area contributed by atoms with Crippen molar-refractivity contribution in [2.45, 2.75) is 25.3 Å². The molecule has 0 aliphatic heterocycles. The lowest BCUT2D eigenvalue weighted by Crippen LogP contribution is -2.39. The lowest BCUT2D eigenvalue weighted by molar-refractivity contribution is -0.384. The highest BCUT2D eigenvalue weighted by Gasteiger charge is 2.28. The first-order valence-electron chi connectivity index (χ1n) is 6.32. The molecular formula is C13H18ClN3O3. The number of nitro benzene ring substituents is 1. The summed E-state index contributed by atoms with van der Waals surface area (Å²) in [4.78, 5) is 21.7. The number of hydrogen-bond acceptors (Lipinski definition) is 4. The molecule has 7 heteroatoms. The Morgan fingerprint density at radius 3 is 2.50 bits per heavy atom. The number of hydrogen-bond donors (Lipinski definition) is 2. The lowest BCUT2D eigenvalue weighted by atomic mass is 10.1. The van der Waals surface area contributed by atoms with Crippen LogP contribution in [-0.4, -0.2) is 23.4 Å². The molecule has 0 radical (unpaired) electrons. The van der Waals surface area contributed by atoms with Crippen LogP contribution < -0.4 is 11.1 Å². The van der Waals surface area contributed by atoms with Crippen LogP contribution in [0.4, 0.5) is 5.69 Å². The molecule has 1 fully saturated rings. The second-order valence-corrected chi connectivity index (χ2v) is 4.91. The van der Waals surface area contributed by atoms with Crippen molar-refractivity contribution in [3.05, 3.63) is 39.9 Å². The van der Waals surface area contributed by atoms with Crippen LogP contribution in [-0.2, 0) is 11.2 Å². The second-order valence-electron chi connectivity index (χ2n) is 4.91. The van der Waals surface area contributed by atoms with Crippen molar-refractivity contribution in [3.63, 3.8) is 0 Å². The first kappa shape index (κ1) is 16.4. The number of nitrogens with two attached hydrogens (primary N) is 1. The molecule has 0 bridgehead atoms. The van der Waals surface area contributed by atoms with E-state index in [2.05, 4.69) is 5.32 Å². The molecule has 20 heavy (non-hydrogen) atoms. The van der Waals surface area contributed by atoms with Crippen LogP contribution in [0, 0.1) is 16.0 Å². The van der Waals surface area contributed by atoms with Gasteiger partial charge in [0.25, 0.3) is 5.69 Å². The summed E-state index contributed by atoms with van der Waals surface area (Å²) in [5, 5.41) is 13.3. The van der Waals surface area contributed by atoms with Gasteiger partial charge in [-0.2, -0.15) is 0 Å². The topological polar surface area (TPSA) is 98.3 Å². The van der Waals surface area contributed by atoms with E-state index in [1.165, 1.54) is 12.1 Å². The van der Waals surface area contributed by atoms with Crippen molar-refractivity contribution in [3.8, 4) is 0 Å². The molecule has 1 amide bonds. The fourth-order valence-corrected chi connectivity index (χ4v) is 1.91. The maximum atomic E-state index is 11.7. The van der Waals surface area contributed by atoms with Crippen molar-refractivity contribution in [2.75, 3.05) is 6.54 Å². The molecule has 1 unspecified atom stereocenters. The summed E-state index contributed by atoms with van der Waals surface area (Å²) >= 11 is 0. The number of carbonyl (C=O) groups excluding carboxylic acids is 1. The first-order valence-corrected chi connectivity index (χ1v) is 6.32. The van der Waals surface area contributed by atoms with Crippen molar-refractivity contribution >= 4 is 24.0 Å². The van der Waals surface area contributed by atoms with E-state index in [4.69, 9.17) is 5.73 Å². The number of rotatable bonds is 6. The fourth-order valence-electron chi connectivity index (χ4n) is 1.91. The van der Waals surface area contributed by atoms with E-state index in [0.29, 0.717) is 12.5 Å². The van der Waals surface area contributed by atoms with E-state index in [1.807, 2.05) is 0 Å². The summed E-state index contributed by atoms with van der Waals surface area (Å²) in [5.41, 5.74) is 6.66. The Labute approximate surface area is 123 Å². The molecule has 1 atom stereocenters. The highest BCUT2D eigenvalue weighted by atomic mass is 35.5. The van der Waals surface area contributed by atoms with Crippen molar-refractivity contribution < 1.29 is 9.72 Å². The molecular weight excluding hydrogens is 282 g/mol. The first-order chi connectivity index (χ1) is 9.06. The highest BCUT2D eigenvalue weighted by molar-refractivity contribution is 5.85. The van der Waals surface area contributed by atoms with Gasteiger partial charge in [0.2, 0.25) is 5.91 Å². The van der Waals surface area contributed by atoms with Gasteiger partial charge in [-0.1, -0.05) is 12.1 Å². The van der Waals surface area contributed by atoms with Crippen LogP contribution >= 0.6 is 12.4 Å². The fraction of sp³-hybridized carbons (Fsp3) is 0.462. The van der Waals surface area contributed by atoms with Gasteiger partial charge in [0.15, 0.2) is 0 Å². The highest BCUT2D eigenvalue weighted by Crippen LogP contribution is 2.31. The van der Waals surface area contributed by atoms with Crippen molar-refractivity contribution in [1.82, 2.24) is 5.32 Å². The summed E-state index contributed by atoms with van der Waals surface area (Å²) in [6.45, 7) is 0.497. The molecule has 1 saturated carbocycles. The predicted octanol–water partition coefficient (Wildman–Crippen LogP) is 1.41. The van der Waals surface area contributed by atoms with Gasteiger partial charge in [-0.25, -0.2) is 0 Å². The lowest BCUT2D eigenvalue weighted by Gasteiger charge is -2.11. The molecule has 1 aliphatic carbocycles. The summed E-state index contributed by atoms with van der Waals surface area (Å²) in [5.74, 6) is 0.449. The van der Waals surface area contributed by atoms with Gasteiger partial charge < -0.3 is 11.1 Å². The Bertz CT molecular complexity index is 474. The predicted molar refractivity (Wildman–Crippen MR) is 77.8 cm³/mol. The summed E-state index contributed by atoms with van der Waals surface area (Å²) in [6, 6.07) is 6.04. The van der Waals surface area contributed by atoms with E-state index >= 15 is 0 Å². The monoisotopic (exact) mass is 299 g/mol. The summed E-state index contributed by atoms with van der Waals surface area (Å²) < 4.78 is 0. The van der Waals surface area contributed by atoms with E-state index in [0.717, 1.165) is 18.4 Å². The average Bonchev–Trinajstić information content (AvgIpc) is 3.21. The minimum absolute atomic E-state index is 0. The van der Waals surface area contributed by atoms with Gasteiger partial charge in [-0.15, -0.1) is 12.4 Å². The third-order valence-electron chi connectivity index (χ3n) is 3.27. The molecule has 3 N–H and O–H groups in total. The van der Waals surface area contributed by atoms with Gasteiger partial charge in [-0.3, -0.25) is 14.9 Å². The quantitative estimate of drug-likeness (QED) is 0.613. The number of carbonyl (C=O) groups is 1. The number of non-ortho nitro benzene ring substituents is 1. The van der Waals surface area contributed by atoms with Gasteiger partial charge >= 0.3 is 0 Å². The number of nitrogens with one attached hydrogen (secondary N) is 1. The van der Waals surface area contributed by atoms with E-state index in [-0.39, 0.29) is 36.5 Å². The normalized spacial score (nSPS) is 15.1. The number of benzene rings is 1. The van der Waals surface area contributed by atoms with Gasteiger partial charge in [0, 0.05) is 24.7 Å². The zero-order valence-electron chi connectivity index (χ0n) is 11.0. The number of halogens is 1. The summed E-state index contributed by atoms with van der Waals surface area (Å²) in [7, 11) is 0. The number of nitro groups is 1. The maximum Gasteiger partial charge on any atom is 0.269 e. The standard InChI is InChI=1S/C13H17N3O3.ClH/c14-12(10-3-4-10)8-15-13(17)7-9-1-5-11(6-2-9)16(18)19;/h1-2,5-6,10,12H,3-4,7-8,14H2,(H,15,17);1H. The zero-order valence-corrected chi connectivity index (χ0v) is 11.8. The van der Waals surface area contributed by atoms with Crippen LogP contribution in [0.5, 0.6) is 0 Å². The van der Waals surface area contributed by atoms with Crippen LogP contribution in [0.15, 0.2) is 24.3 Å². The molecule has 1 aliphatic rings. The molecule has 0 aromatic heterocycles. The molecule has 0 saturated heterocycles. The molecule has 1 aromatic rings. The van der Waals surface area contributed by atoms with E-state index in [1.54, 1.807) is 12.1 Å². The van der Waals surface area contributed by atoms with Gasteiger partial charge in [0.05, 0.1) is 11.3 Å². The van der Waals surface area contributed by atoms with Crippen LogP contribution in [0.2, 0.25) is 0 Å². The third-order valence-corrected chi connectivity index (χ3v) is 3.27. The smallest absolute Gasteiger partial charge is 0.269 e. The number of nitrogens with zero attached hydrogens (tertiary/aromatic N) is 1. The molecule has 0 heterocycles. The molecule has 0 spiro atoms. The average molecular weight is 300 g/mol. The van der Waals surface area contributed by atoms with E-state index < -0.39 is 4.92 Å². The van der Waals surface area contributed by atoms with Crippen LogP contribution in [0.1, 0.15) is 18.4 Å². The SMILES string of the molecule is Cl.NC(CNC(=O)Cc1ccc([N+](=O)[O-])cc1)C1CC1. The van der Waals surface area contributed by atoms with Gasteiger partial charge in [0.1, 0.15) is 0 Å². The molecule has 110 valence electrons. The Morgan fingerprint density at radius 2 is 2.00 bits per heavy atom. The van der Waals surface area contributed by atoms with Crippen molar-refractivity contribution in [1.29, 1.82) is 0 Å². The third kappa shape index (κ3) is 4.79. The Hall–Kier alpha value is -1.66. The van der Waals surface area contributed by atoms with Gasteiger partial charge in [-0.05, 0) is 24.3 Å². The minimum atomic E-state index is -0.460. The van der Waals surface area contributed by atoms with Crippen molar-refractivity contribution in [2.24, 2.45) is 11.7 Å². The molecule has 6 nitrogen and oxygen atoms in total. The zero-order chi connectivity index (χ0) is 13.8. The second kappa shape index (κ2) is 7.21. The minimum Gasteiger partial charge on any atom is -0.354 e. The van der Waals surface area contributed by atoms with Crippen LogP contribution in [0.25, 0.3) is 0 Å². The molecule has 1 aromatic carbocycles. The van der Waals surface area contributed by atoms with E-state index in [9.17, 15) is 14.9 Å². The molecule has 2 rings (SSSR count). The maximum absolute atomic E-state index is 11.7. The number of amides is 1. The Morgan fingerprint density at radius 1 is 1.40 bits per heavy atom. The Kier molecular flexibility index (Phi) is 5.91. The van der Waals surface area contributed by atoms with Crippen LogP contribution in [0.3, 0.4) is 0 Å². The largest absolute Gasteiger partial charge is 0.354 e.